The first-order valence-corrected chi connectivity index (χ1v) is 10.5. The van der Waals surface area contributed by atoms with Crippen LogP contribution in [0.1, 0.15) is 35.2 Å². The summed E-state index contributed by atoms with van der Waals surface area (Å²) in [5.74, 6) is -0.230. The number of carbonyl (C=O) groups is 1. The molecular weight excluding hydrogens is 389 g/mol. The third kappa shape index (κ3) is 5.00. The molecule has 1 amide bonds. The van der Waals surface area contributed by atoms with Gasteiger partial charge in [0.15, 0.2) is 0 Å². The van der Waals surface area contributed by atoms with Gasteiger partial charge in [-0.05, 0) is 79.3 Å². The number of nitrogens with zero attached hydrogens (tertiary/aromatic N) is 3. The van der Waals surface area contributed by atoms with Crippen molar-refractivity contribution < 1.29 is 9.18 Å². The molecule has 2 heterocycles. The Morgan fingerprint density at radius 3 is 2.65 bits per heavy atom. The molecule has 158 valence electrons. The maximum atomic E-state index is 13.2. The summed E-state index contributed by atoms with van der Waals surface area (Å²) in [5, 5.41) is 0. The summed E-state index contributed by atoms with van der Waals surface area (Å²) in [7, 11) is 0. The molecule has 0 N–H and O–H groups in total. The van der Waals surface area contributed by atoms with Crippen LogP contribution in [0, 0.1) is 19.7 Å². The van der Waals surface area contributed by atoms with Crippen molar-refractivity contribution in [2.24, 2.45) is 0 Å². The Morgan fingerprint density at radius 2 is 1.94 bits per heavy atom. The van der Waals surface area contributed by atoms with E-state index in [0.29, 0.717) is 13.1 Å². The smallest absolute Gasteiger partial charge is 0.246 e. The zero-order valence-corrected chi connectivity index (χ0v) is 17.9. The van der Waals surface area contributed by atoms with E-state index in [0.717, 1.165) is 40.9 Å². The van der Waals surface area contributed by atoms with Crippen molar-refractivity contribution in [2.45, 2.75) is 26.7 Å². The van der Waals surface area contributed by atoms with Gasteiger partial charge in [-0.3, -0.25) is 4.79 Å². The van der Waals surface area contributed by atoms with Crippen molar-refractivity contribution in [3.8, 4) is 5.69 Å². The van der Waals surface area contributed by atoms with E-state index in [1.807, 2.05) is 47.1 Å². The predicted molar refractivity (Wildman–Crippen MR) is 122 cm³/mol. The van der Waals surface area contributed by atoms with Gasteiger partial charge in [-0.1, -0.05) is 24.3 Å². The van der Waals surface area contributed by atoms with Gasteiger partial charge < -0.3 is 9.47 Å². The Labute approximate surface area is 182 Å². The molecule has 0 saturated carbocycles. The Hall–Kier alpha value is -3.47. The second kappa shape index (κ2) is 9.13. The van der Waals surface area contributed by atoms with Crippen LogP contribution < -0.4 is 0 Å². The number of allylic oxidation sites excluding steroid dienone is 1. The van der Waals surface area contributed by atoms with Crippen LogP contribution in [0.4, 0.5) is 4.39 Å². The van der Waals surface area contributed by atoms with Gasteiger partial charge in [0, 0.05) is 31.0 Å². The van der Waals surface area contributed by atoms with Crippen molar-refractivity contribution in [1.29, 1.82) is 0 Å². The van der Waals surface area contributed by atoms with Gasteiger partial charge in [-0.2, -0.15) is 0 Å². The number of amides is 1. The summed E-state index contributed by atoms with van der Waals surface area (Å²) >= 11 is 0. The van der Waals surface area contributed by atoms with Crippen LogP contribution in [0.25, 0.3) is 17.3 Å². The molecule has 0 spiro atoms. The highest BCUT2D eigenvalue weighted by Crippen LogP contribution is 2.23. The Bertz CT molecular complexity index is 1140. The van der Waals surface area contributed by atoms with Gasteiger partial charge in [0.1, 0.15) is 5.82 Å². The zero-order valence-electron chi connectivity index (χ0n) is 17.9. The van der Waals surface area contributed by atoms with Gasteiger partial charge >= 0.3 is 0 Å². The van der Waals surface area contributed by atoms with E-state index in [4.69, 9.17) is 0 Å². The van der Waals surface area contributed by atoms with Crippen LogP contribution in [-0.4, -0.2) is 33.4 Å². The predicted octanol–water partition coefficient (Wildman–Crippen LogP) is 5.35. The van der Waals surface area contributed by atoms with Gasteiger partial charge in [-0.25, -0.2) is 9.37 Å². The molecule has 1 aromatic heterocycles. The summed E-state index contributed by atoms with van der Waals surface area (Å²) in [6.45, 7) is 5.30. The van der Waals surface area contributed by atoms with E-state index in [1.165, 1.54) is 17.7 Å². The minimum atomic E-state index is -0.233. The number of halogens is 1. The van der Waals surface area contributed by atoms with E-state index >= 15 is 0 Å². The van der Waals surface area contributed by atoms with Crippen LogP contribution in [0.2, 0.25) is 0 Å². The Kier molecular flexibility index (Phi) is 6.12. The molecule has 0 saturated heterocycles. The lowest BCUT2D eigenvalue weighted by atomic mass is 10.0. The first-order chi connectivity index (χ1) is 15.0. The minimum absolute atomic E-state index is 0.00331. The fourth-order valence-corrected chi connectivity index (χ4v) is 3.90. The third-order valence-electron chi connectivity index (χ3n) is 5.59. The quantitative estimate of drug-likeness (QED) is 0.539. The van der Waals surface area contributed by atoms with Crippen molar-refractivity contribution in [2.75, 3.05) is 13.1 Å². The molecule has 4 rings (SSSR count). The van der Waals surface area contributed by atoms with E-state index in [2.05, 4.69) is 24.1 Å². The lowest BCUT2D eigenvalue weighted by Crippen LogP contribution is -2.29. The van der Waals surface area contributed by atoms with Crippen molar-refractivity contribution in [3.63, 3.8) is 0 Å². The number of hydrogen-bond acceptors (Lipinski definition) is 2. The molecule has 0 atom stereocenters. The van der Waals surface area contributed by atoms with E-state index in [-0.39, 0.29) is 11.7 Å². The summed E-state index contributed by atoms with van der Waals surface area (Å²) < 4.78 is 15.2. The standard InChI is InChI=1S/C26H26FN3O/c1-19-16-21(5-11-25(19)30-17-20(2)28-18-30)6-12-26(31)29-14-3-4-22(13-15-29)23-7-9-24(27)10-8-23/h5-13,16-18H,3-4,14-15H2,1-2H3/b12-6+. The Morgan fingerprint density at radius 1 is 1.13 bits per heavy atom. The molecule has 31 heavy (non-hydrogen) atoms. The highest BCUT2D eigenvalue weighted by atomic mass is 19.1. The van der Waals surface area contributed by atoms with Gasteiger partial charge in [-0.15, -0.1) is 0 Å². The summed E-state index contributed by atoms with van der Waals surface area (Å²) in [5.41, 5.74) is 6.35. The number of benzene rings is 2. The number of aromatic nitrogens is 2. The average molecular weight is 416 g/mol. The maximum Gasteiger partial charge on any atom is 0.246 e. The molecule has 0 fully saturated rings. The maximum absolute atomic E-state index is 13.2. The van der Waals surface area contributed by atoms with Gasteiger partial charge in [0.25, 0.3) is 0 Å². The van der Waals surface area contributed by atoms with Crippen molar-refractivity contribution in [1.82, 2.24) is 14.5 Å². The molecule has 0 radical (unpaired) electrons. The minimum Gasteiger partial charge on any atom is -0.335 e. The highest BCUT2D eigenvalue weighted by Gasteiger charge is 2.14. The molecule has 1 aliphatic rings. The third-order valence-corrected chi connectivity index (χ3v) is 5.59. The molecule has 1 aliphatic heterocycles. The average Bonchev–Trinajstić information content (AvgIpc) is 3.04. The molecule has 2 aromatic carbocycles. The summed E-state index contributed by atoms with van der Waals surface area (Å²) in [6, 6.07) is 12.7. The van der Waals surface area contributed by atoms with Crippen molar-refractivity contribution >= 4 is 17.6 Å². The summed E-state index contributed by atoms with van der Waals surface area (Å²) in [6.07, 6.45) is 11.2. The van der Waals surface area contributed by atoms with E-state index in [1.54, 1.807) is 18.2 Å². The molecule has 3 aromatic rings. The number of imidazole rings is 1. The highest BCUT2D eigenvalue weighted by molar-refractivity contribution is 5.92. The number of carbonyl (C=O) groups excluding carboxylic acids is 1. The van der Waals surface area contributed by atoms with Crippen LogP contribution in [0.5, 0.6) is 0 Å². The molecule has 0 aliphatic carbocycles. The first kappa shape index (κ1) is 20.8. The molecular formula is C26H26FN3O. The fourth-order valence-electron chi connectivity index (χ4n) is 3.90. The van der Waals surface area contributed by atoms with E-state index < -0.39 is 0 Å². The lowest BCUT2D eigenvalue weighted by molar-refractivity contribution is -0.125. The zero-order chi connectivity index (χ0) is 21.8. The number of hydrogen-bond donors (Lipinski definition) is 0. The van der Waals surface area contributed by atoms with Crippen molar-refractivity contribution in [3.05, 3.63) is 95.3 Å². The van der Waals surface area contributed by atoms with Gasteiger partial charge in [0.05, 0.1) is 12.0 Å². The molecule has 4 nitrogen and oxygen atoms in total. The Balaban J connectivity index is 1.43. The second-order valence-corrected chi connectivity index (χ2v) is 7.93. The van der Waals surface area contributed by atoms with Crippen LogP contribution >= 0.6 is 0 Å². The monoisotopic (exact) mass is 415 g/mol. The number of aryl methyl sites for hydroxylation is 2. The molecule has 5 heteroatoms. The number of rotatable bonds is 4. The molecule has 0 bridgehead atoms. The molecule has 0 unspecified atom stereocenters. The summed E-state index contributed by atoms with van der Waals surface area (Å²) in [4.78, 5) is 18.9. The first-order valence-electron chi connectivity index (χ1n) is 10.5. The normalized spacial score (nSPS) is 14.5. The van der Waals surface area contributed by atoms with Crippen LogP contribution in [0.15, 0.2) is 67.1 Å². The SMILES string of the molecule is Cc1cn(-c2ccc(/C=C/C(=O)N3CC=C(c4ccc(F)cc4)CCC3)cc2C)cn1. The van der Waals surface area contributed by atoms with Crippen LogP contribution in [0.3, 0.4) is 0 Å². The topological polar surface area (TPSA) is 38.1 Å². The van der Waals surface area contributed by atoms with Crippen LogP contribution in [-0.2, 0) is 4.79 Å². The lowest BCUT2D eigenvalue weighted by Gasteiger charge is -2.17. The second-order valence-electron chi connectivity index (χ2n) is 7.93. The van der Waals surface area contributed by atoms with Gasteiger partial charge in [0.2, 0.25) is 5.91 Å². The largest absolute Gasteiger partial charge is 0.335 e. The van der Waals surface area contributed by atoms with E-state index in [9.17, 15) is 9.18 Å². The fraction of sp³-hybridized carbons (Fsp3) is 0.231.